The van der Waals surface area contributed by atoms with E-state index in [-0.39, 0.29) is 12.2 Å². The largest absolute Gasteiger partial charge is 0.393 e. The van der Waals surface area contributed by atoms with E-state index in [0.717, 1.165) is 4.57 Å². The van der Waals surface area contributed by atoms with Gasteiger partial charge in [0.05, 0.1) is 18.8 Å². The van der Waals surface area contributed by atoms with Crippen molar-refractivity contribution in [2.45, 2.75) is 24.0 Å². The third-order valence-electron chi connectivity index (χ3n) is 4.18. The highest BCUT2D eigenvalue weighted by atomic mass is 32.1. The van der Waals surface area contributed by atoms with Crippen molar-refractivity contribution in [3.8, 4) is 10.6 Å². The lowest BCUT2D eigenvalue weighted by atomic mass is 10.0. The van der Waals surface area contributed by atoms with Gasteiger partial charge >= 0.3 is 5.69 Å². The van der Waals surface area contributed by atoms with Gasteiger partial charge in [-0.2, -0.15) is 0 Å². The van der Waals surface area contributed by atoms with E-state index in [1.165, 1.54) is 17.5 Å². The minimum absolute atomic E-state index is 0.0449. The molecule has 2 fully saturated rings. The number of hydrogen-bond acceptors (Lipinski definition) is 8. The van der Waals surface area contributed by atoms with Crippen LogP contribution in [0.4, 0.5) is 0 Å². The van der Waals surface area contributed by atoms with Crippen molar-refractivity contribution in [1.29, 1.82) is 0 Å². The van der Waals surface area contributed by atoms with E-state index in [4.69, 9.17) is 9.47 Å². The summed E-state index contributed by atoms with van der Waals surface area (Å²) in [7, 11) is 0. The number of rotatable bonds is 3. The molecule has 4 atom stereocenters. The van der Waals surface area contributed by atoms with Crippen molar-refractivity contribution < 1.29 is 19.7 Å². The minimum atomic E-state index is -1.24. The van der Waals surface area contributed by atoms with Crippen LogP contribution in [-0.2, 0) is 9.47 Å². The number of aromatic nitrogens is 3. The zero-order valence-corrected chi connectivity index (χ0v) is 12.5. The third-order valence-corrected chi connectivity index (χ3v) is 4.99. The van der Waals surface area contributed by atoms with Crippen LogP contribution in [0, 0.1) is 0 Å². The first kappa shape index (κ1) is 14.7. The second-order valence-electron chi connectivity index (χ2n) is 5.50. The average molecular weight is 339 g/mol. The van der Waals surface area contributed by atoms with Gasteiger partial charge in [0.1, 0.15) is 22.8 Å². The summed E-state index contributed by atoms with van der Waals surface area (Å²) in [5, 5.41) is 21.9. The summed E-state index contributed by atoms with van der Waals surface area (Å²) < 4.78 is 12.3. The number of aliphatic hydroxyl groups excluding tert-OH is 2. The molecular weight excluding hydrogens is 326 g/mol. The summed E-state index contributed by atoms with van der Waals surface area (Å²) in [5.74, 6) is 0. The van der Waals surface area contributed by atoms with Gasteiger partial charge in [0.25, 0.3) is 5.56 Å². The lowest BCUT2D eigenvalue weighted by Gasteiger charge is -2.29. The molecule has 0 unspecified atom stereocenters. The number of hydrogen-bond donors (Lipinski definition) is 3. The Labute approximate surface area is 132 Å². The Bertz CT molecular complexity index is 846. The van der Waals surface area contributed by atoms with Gasteiger partial charge in [0.15, 0.2) is 6.23 Å². The van der Waals surface area contributed by atoms with Crippen molar-refractivity contribution in [1.82, 2.24) is 14.5 Å². The predicted octanol–water partition coefficient (Wildman–Crippen LogP) is -1.32. The fourth-order valence-corrected chi connectivity index (χ4v) is 3.58. The number of nitrogens with one attached hydrogen (secondary N) is 1. The Balaban J connectivity index is 1.80. The molecule has 2 saturated heterocycles. The van der Waals surface area contributed by atoms with Crippen LogP contribution in [0.5, 0.6) is 0 Å². The first-order valence-corrected chi connectivity index (χ1v) is 7.77. The van der Waals surface area contributed by atoms with Crippen molar-refractivity contribution in [3.63, 3.8) is 0 Å². The zero-order valence-electron chi connectivity index (χ0n) is 11.7. The molecule has 0 aliphatic carbocycles. The summed E-state index contributed by atoms with van der Waals surface area (Å²) in [6, 6.07) is 0. The lowest BCUT2D eigenvalue weighted by Crippen LogP contribution is -2.44. The molecule has 3 N–H and O–H groups in total. The highest BCUT2D eigenvalue weighted by Crippen LogP contribution is 2.44. The molecule has 4 rings (SSSR count). The van der Waals surface area contributed by atoms with Crippen LogP contribution in [0.25, 0.3) is 10.6 Å². The number of fused-ring (bicyclic) bond motifs is 2. The highest BCUT2D eigenvalue weighted by molar-refractivity contribution is 7.13. The fraction of sp³-hybridized carbons (Fsp3) is 0.462. The minimum Gasteiger partial charge on any atom is -0.393 e. The van der Waals surface area contributed by atoms with E-state index < -0.39 is 41.9 Å². The quantitative estimate of drug-likeness (QED) is 0.633. The molecule has 0 amide bonds. The van der Waals surface area contributed by atoms with Crippen LogP contribution in [0.1, 0.15) is 6.23 Å². The van der Waals surface area contributed by atoms with Gasteiger partial charge in [0.2, 0.25) is 0 Å². The van der Waals surface area contributed by atoms with Gasteiger partial charge in [-0.25, -0.2) is 9.78 Å². The standard InChI is InChI=1S/C13H13N3O6S/c17-4-13-5-21-7(8(13)18)11(22-13)16-3-6(9(19)15-12(16)20)10-14-1-2-23-10/h1-3,7-8,11,17-18H,4-5H2,(H,15,19,20)/t7-,8+,11-,13+/m1/s1. The Morgan fingerprint density at radius 2 is 2.35 bits per heavy atom. The third kappa shape index (κ3) is 2.03. The van der Waals surface area contributed by atoms with Crippen LogP contribution in [0.15, 0.2) is 27.4 Å². The molecule has 2 aromatic heterocycles. The summed E-state index contributed by atoms with van der Waals surface area (Å²) in [6.45, 7) is -0.387. The molecule has 0 radical (unpaired) electrons. The molecule has 9 nitrogen and oxygen atoms in total. The molecule has 2 aromatic rings. The van der Waals surface area contributed by atoms with Crippen LogP contribution in [-0.4, -0.2) is 55.8 Å². The Hall–Kier alpha value is -1.85. The van der Waals surface area contributed by atoms with Crippen molar-refractivity contribution in [3.05, 3.63) is 38.6 Å². The predicted molar refractivity (Wildman–Crippen MR) is 78.1 cm³/mol. The van der Waals surface area contributed by atoms with E-state index in [1.807, 2.05) is 0 Å². The normalized spacial score (nSPS) is 32.5. The molecule has 23 heavy (non-hydrogen) atoms. The molecule has 0 aromatic carbocycles. The maximum absolute atomic E-state index is 12.1. The number of ether oxygens (including phenoxy) is 2. The summed E-state index contributed by atoms with van der Waals surface area (Å²) in [5.41, 5.74) is -2.26. The number of thiazole rings is 1. The number of aromatic amines is 1. The van der Waals surface area contributed by atoms with E-state index in [1.54, 1.807) is 11.6 Å². The van der Waals surface area contributed by atoms with E-state index >= 15 is 0 Å². The molecule has 2 aliphatic heterocycles. The molecule has 2 aliphatic rings. The molecule has 2 bridgehead atoms. The number of nitrogens with zero attached hydrogens (tertiary/aromatic N) is 2. The van der Waals surface area contributed by atoms with Gasteiger partial charge in [-0.15, -0.1) is 11.3 Å². The van der Waals surface area contributed by atoms with Gasteiger partial charge < -0.3 is 19.7 Å². The highest BCUT2D eigenvalue weighted by Gasteiger charge is 2.61. The van der Waals surface area contributed by atoms with Gasteiger partial charge in [-0.1, -0.05) is 0 Å². The van der Waals surface area contributed by atoms with Crippen LogP contribution in [0.3, 0.4) is 0 Å². The van der Waals surface area contributed by atoms with Gasteiger partial charge in [-0.3, -0.25) is 14.3 Å². The zero-order chi connectivity index (χ0) is 16.2. The number of aliphatic hydroxyl groups is 2. The maximum Gasteiger partial charge on any atom is 0.330 e. The molecule has 0 spiro atoms. The smallest absolute Gasteiger partial charge is 0.330 e. The van der Waals surface area contributed by atoms with E-state index in [9.17, 15) is 19.8 Å². The summed E-state index contributed by atoms with van der Waals surface area (Å²) in [4.78, 5) is 30.4. The summed E-state index contributed by atoms with van der Waals surface area (Å²) >= 11 is 1.26. The monoisotopic (exact) mass is 339 g/mol. The summed E-state index contributed by atoms with van der Waals surface area (Å²) in [6.07, 6.45) is 0.103. The van der Waals surface area contributed by atoms with E-state index in [2.05, 4.69) is 9.97 Å². The van der Waals surface area contributed by atoms with Gasteiger partial charge in [-0.05, 0) is 0 Å². The Kier molecular flexibility index (Phi) is 3.25. The molecule has 0 saturated carbocycles. The molecular formula is C13H13N3O6S. The SMILES string of the molecule is O=c1[nH]c(=O)n([C@@H]2O[C@@]3(CO)CO[C@@H]2[C@@H]3O)cc1-c1nccs1. The second-order valence-corrected chi connectivity index (χ2v) is 6.39. The van der Waals surface area contributed by atoms with Crippen molar-refractivity contribution >= 4 is 11.3 Å². The maximum atomic E-state index is 12.1. The molecule has 122 valence electrons. The fourth-order valence-electron chi connectivity index (χ4n) is 2.94. The topological polar surface area (TPSA) is 127 Å². The molecule has 4 heterocycles. The first-order valence-electron chi connectivity index (χ1n) is 6.89. The van der Waals surface area contributed by atoms with Crippen LogP contribution >= 0.6 is 11.3 Å². The van der Waals surface area contributed by atoms with E-state index in [0.29, 0.717) is 5.01 Å². The van der Waals surface area contributed by atoms with Crippen LogP contribution < -0.4 is 11.2 Å². The van der Waals surface area contributed by atoms with Crippen molar-refractivity contribution in [2.24, 2.45) is 0 Å². The number of H-pyrrole nitrogens is 1. The Morgan fingerprint density at radius 1 is 1.52 bits per heavy atom. The van der Waals surface area contributed by atoms with Crippen molar-refractivity contribution in [2.75, 3.05) is 13.2 Å². The average Bonchev–Trinajstić information content (AvgIpc) is 3.23. The van der Waals surface area contributed by atoms with Crippen LogP contribution in [0.2, 0.25) is 0 Å². The van der Waals surface area contributed by atoms with Gasteiger partial charge in [0, 0.05) is 17.8 Å². The Morgan fingerprint density at radius 3 is 3.00 bits per heavy atom. The lowest BCUT2D eigenvalue weighted by molar-refractivity contribution is -0.187. The second kappa shape index (κ2) is 5.08. The first-order chi connectivity index (χ1) is 11.1. The molecule has 10 heteroatoms.